The number of carbonyl (C=O) groups excluding carboxylic acids is 1. The van der Waals surface area contributed by atoms with E-state index in [-0.39, 0.29) is 5.91 Å². The molecule has 0 aliphatic heterocycles. The summed E-state index contributed by atoms with van der Waals surface area (Å²) < 4.78 is 5.77. The molecular formula is C23H13Cl2N3O2. The Kier molecular flexibility index (Phi) is 4.62. The number of pyridine rings is 1. The van der Waals surface area contributed by atoms with E-state index in [2.05, 4.69) is 15.3 Å². The van der Waals surface area contributed by atoms with Crippen LogP contribution in [-0.4, -0.2) is 15.9 Å². The molecule has 5 aromatic rings. The Hall–Kier alpha value is -3.41. The van der Waals surface area contributed by atoms with E-state index in [9.17, 15) is 4.79 Å². The van der Waals surface area contributed by atoms with E-state index in [1.807, 2.05) is 18.2 Å². The maximum Gasteiger partial charge on any atom is 0.256 e. The number of fused-ring (bicyclic) bond motifs is 2. The SMILES string of the molecule is O=C(Nc1cc(-c2nc3ncccc3o2)ccc1Cl)c1cccc2c(Cl)cccc12. The molecule has 0 aliphatic carbocycles. The molecule has 0 aliphatic rings. The molecular weight excluding hydrogens is 421 g/mol. The highest BCUT2D eigenvalue weighted by Crippen LogP contribution is 2.31. The molecule has 0 saturated heterocycles. The Balaban J connectivity index is 1.51. The minimum Gasteiger partial charge on any atom is -0.434 e. The lowest BCUT2D eigenvalue weighted by Gasteiger charge is -2.11. The first-order chi connectivity index (χ1) is 14.6. The van der Waals surface area contributed by atoms with Crippen molar-refractivity contribution in [2.45, 2.75) is 0 Å². The number of amides is 1. The second-order valence-electron chi connectivity index (χ2n) is 6.63. The van der Waals surface area contributed by atoms with Crippen LogP contribution in [0.15, 0.2) is 77.3 Å². The predicted octanol–water partition coefficient (Wildman–Crippen LogP) is 6.60. The van der Waals surface area contributed by atoms with Crippen LogP contribution in [0.1, 0.15) is 10.4 Å². The molecule has 2 aromatic heterocycles. The van der Waals surface area contributed by atoms with Gasteiger partial charge in [0.05, 0.1) is 10.7 Å². The zero-order valence-corrected chi connectivity index (χ0v) is 16.9. The topological polar surface area (TPSA) is 68.0 Å². The van der Waals surface area contributed by atoms with Gasteiger partial charge in [0, 0.05) is 27.7 Å². The van der Waals surface area contributed by atoms with Crippen molar-refractivity contribution >= 4 is 56.8 Å². The molecule has 7 heteroatoms. The highest BCUT2D eigenvalue weighted by Gasteiger charge is 2.15. The van der Waals surface area contributed by atoms with E-state index >= 15 is 0 Å². The summed E-state index contributed by atoms with van der Waals surface area (Å²) in [5.41, 5.74) is 2.73. The second kappa shape index (κ2) is 7.44. The van der Waals surface area contributed by atoms with E-state index in [1.54, 1.807) is 54.7 Å². The van der Waals surface area contributed by atoms with E-state index in [0.29, 0.717) is 44.0 Å². The van der Waals surface area contributed by atoms with Gasteiger partial charge in [0.2, 0.25) is 5.89 Å². The van der Waals surface area contributed by atoms with E-state index in [0.717, 1.165) is 10.8 Å². The molecule has 0 atom stereocenters. The lowest BCUT2D eigenvalue weighted by Crippen LogP contribution is -2.12. The lowest BCUT2D eigenvalue weighted by molar-refractivity contribution is 0.102. The molecule has 30 heavy (non-hydrogen) atoms. The molecule has 3 aromatic carbocycles. The normalized spacial score (nSPS) is 11.1. The number of rotatable bonds is 3. The van der Waals surface area contributed by atoms with Crippen molar-refractivity contribution in [2.75, 3.05) is 5.32 Å². The number of hydrogen-bond donors (Lipinski definition) is 1. The smallest absolute Gasteiger partial charge is 0.256 e. The van der Waals surface area contributed by atoms with Crippen molar-refractivity contribution in [2.24, 2.45) is 0 Å². The van der Waals surface area contributed by atoms with Crippen LogP contribution in [0.25, 0.3) is 33.5 Å². The van der Waals surface area contributed by atoms with E-state index in [4.69, 9.17) is 27.6 Å². The zero-order chi connectivity index (χ0) is 20.7. The Bertz CT molecular complexity index is 1400. The Morgan fingerprint density at radius 2 is 1.73 bits per heavy atom. The molecule has 5 nitrogen and oxygen atoms in total. The van der Waals surface area contributed by atoms with Crippen LogP contribution in [0.3, 0.4) is 0 Å². The zero-order valence-electron chi connectivity index (χ0n) is 15.4. The molecule has 1 N–H and O–H groups in total. The number of carbonyl (C=O) groups is 1. The fourth-order valence-corrected chi connectivity index (χ4v) is 3.71. The third kappa shape index (κ3) is 3.28. The van der Waals surface area contributed by atoms with Crippen LogP contribution in [0, 0.1) is 0 Å². The number of benzene rings is 3. The predicted molar refractivity (Wildman–Crippen MR) is 119 cm³/mol. The molecule has 0 fully saturated rings. The monoisotopic (exact) mass is 433 g/mol. The van der Waals surface area contributed by atoms with Gasteiger partial charge < -0.3 is 9.73 Å². The number of anilines is 1. The summed E-state index contributed by atoms with van der Waals surface area (Å²) in [7, 11) is 0. The number of oxazole rings is 1. The van der Waals surface area contributed by atoms with Crippen molar-refractivity contribution in [3.63, 3.8) is 0 Å². The quantitative estimate of drug-likeness (QED) is 0.347. The van der Waals surface area contributed by atoms with Gasteiger partial charge in [-0.1, -0.05) is 47.5 Å². The summed E-state index contributed by atoms with van der Waals surface area (Å²) in [5.74, 6) is 0.106. The van der Waals surface area contributed by atoms with Gasteiger partial charge in [-0.2, -0.15) is 4.98 Å². The van der Waals surface area contributed by atoms with Gasteiger partial charge in [0.1, 0.15) is 0 Å². The maximum atomic E-state index is 13.0. The van der Waals surface area contributed by atoms with Crippen LogP contribution in [0.5, 0.6) is 0 Å². The summed E-state index contributed by atoms with van der Waals surface area (Å²) in [5, 5.41) is 5.45. The van der Waals surface area contributed by atoms with Crippen molar-refractivity contribution in [1.29, 1.82) is 0 Å². The van der Waals surface area contributed by atoms with Gasteiger partial charge in [-0.05, 0) is 47.9 Å². The summed E-state index contributed by atoms with van der Waals surface area (Å²) >= 11 is 12.6. The van der Waals surface area contributed by atoms with Crippen molar-refractivity contribution < 1.29 is 9.21 Å². The van der Waals surface area contributed by atoms with Gasteiger partial charge in [0.25, 0.3) is 5.91 Å². The van der Waals surface area contributed by atoms with Crippen molar-refractivity contribution in [3.05, 3.63) is 88.5 Å². The van der Waals surface area contributed by atoms with Crippen molar-refractivity contribution in [3.8, 4) is 11.5 Å². The molecule has 0 unspecified atom stereocenters. The van der Waals surface area contributed by atoms with Crippen LogP contribution in [-0.2, 0) is 0 Å². The van der Waals surface area contributed by atoms with Crippen LogP contribution < -0.4 is 5.32 Å². The first-order valence-electron chi connectivity index (χ1n) is 9.10. The molecule has 0 saturated carbocycles. The van der Waals surface area contributed by atoms with Gasteiger partial charge in [-0.15, -0.1) is 0 Å². The number of aromatic nitrogens is 2. The number of nitrogens with zero attached hydrogens (tertiary/aromatic N) is 2. The average molecular weight is 434 g/mol. The van der Waals surface area contributed by atoms with Gasteiger partial charge >= 0.3 is 0 Å². The van der Waals surface area contributed by atoms with Gasteiger partial charge in [-0.25, -0.2) is 4.98 Å². The highest BCUT2D eigenvalue weighted by molar-refractivity contribution is 6.36. The summed E-state index contributed by atoms with van der Waals surface area (Å²) in [4.78, 5) is 21.6. The van der Waals surface area contributed by atoms with E-state index < -0.39 is 0 Å². The second-order valence-corrected chi connectivity index (χ2v) is 7.45. The maximum absolute atomic E-state index is 13.0. The number of halogens is 2. The molecule has 146 valence electrons. The molecule has 0 radical (unpaired) electrons. The standard InChI is InChI=1S/C23H13Cl2N3O2/c24-17-7-2-4-14-15(17)5-1-6-16(14)22(29)27-19-12-13(9-10-18(19)25)23-28-21-20(30-23)8-3-11-26-21/h1-12H,(H,27,29). The number of hydrogen-bond acceptors (Lipinski definition) is 4. The summed E-state index contributed by atoms with van der Waals surface area (Å²) in [6, 6.07) is 19.7. The largest absolute Gasteiger partial charge is 0.434 e. The summed E-state index contributed by atoms with van der Waals surface area (Å²) in [6.07, 6.45) is 1.65. The van der Waals surface area contributed by atoms with E-state index in [1.165, 1.54) is 0 Å². The Morgan fingerprint density at radius 3 is 2.60 bits per heavy atom. The van der Waals surface area contributed by atoms with Crippen molar-refractivity contribution in [1.82, 2.24) is 9.97 Å². The Labute approximate surface area is 181 Å². The first kappa shape index (κ1) is 18.6. The van der Waals surface area contributed by atoms with Crippen LogP contribution >= 0.6 is 23.2 Å². The number of nitrogens with one attached hydrogen (secondary N) is 1. The highest BCUT2D eigenvalue weighted by atomic mass is 35.5. The molecule has 0 spiro atoms. The van der Waals surface area contributed by atoms with Gasteiger partial charge in [-0.3, -0.25) is 4.79 Å². The molecule has 1 amide bonds. The Morgan fingerprint density at radius 1 is 0.900 bits per heavy atom. The first-order valence-corrected chi connectivity index (χ1v) is 9.86. The molecule has 2 heterocycles. The molecule has 5 rings (SSSR count). The fourth-order valence-electron chi connectivity index (χ4n) is 3.31. The van der Waals surface area contributed by atoms with Crippen LogP contribution in [0.4, 0.5) is 5.69 Å². The third-order valence-electron chi connectivity index (χ3n) is 4.74. The lowest BCUT2D eigenvalue weighted by atomic mass is 10.0. The minimum atomic E-state index is -0.291. The molecule has 0 bridgehead atoms. The van der Waals surface area contributed by atoms with Gasteiger partial charge in [0.15, 0.2) is 11.2 Å². The fraction of sp³-hybridized carbons (Fsp3) is 0. The summed E-state index contributed by atoms with van der Waals surface area (Å²) in [6.45, 7) is 0. The average Bonchev–Trinajstić information content (AvgIpc) is 3.19. The van der Waals surface area contributed by atoms with Crippen LogP contribution in [0.2, 0.25) is 10.0 Å². The minimum absolute atomic E-state index is 0.291. The third-order valence-corrected chi connectivity index (χ3v) is 5.40.